The van der Waals surface area contributed by atoms with Gasteiger partial charge in [-0.1, -0.05) is 0 Å². The minimum Gasteiger partial charge on any atom is -0.324 e. The Hall–Kier alpha value is -1.72. The quantitative estimate of drug-likeness (QED) is 0.850. The summed E-state index contributed by atoms with van der Waals surface area (Å²) in [5, 5.41) is 2.72. The van der Waals surface area contributed by atoms with Crippen LogP contribution in [0.15, 0.2) is 24.5 Å². The number of hydrogen-bond donors (Lipinski definition) is 1. The maximum Gasteiger partial charge on any atom is 0.321 e. The van der Waals surface area contributed by atoms with Crippen LogP contribution in [0.5, 0.6) is 0 Å². The Balaban J connectivity index is 1.56. The molecule has 1 aromatic rings. The van der Waals surface area contributed by atoms with Gasteiger partial charge >= 0.3 is 6.03 Å². The van der Waals surface area contributed by atoms with Crippen molar-refractivity contribution < 1.29 is 13.6 Å². The molecule has 19 heavy (non-hydrogen) atoms. The first kappa shape index (κ1) is 12.3. The highest BCUT2D eigenvalue weighted by atomic mass is 19.3. The van der Waals surface area contributed by atoms with Crippen LogP contribution in [0.1, 0.15) is 19.3 Å². The summed E-state index contributed by atoms with van der Waals surface area (Å²) >= 11 is 0. The molecule has 2 fully saturated rings. The number of carbonyl (C=O) groups excluding carboxylic acids is 1. The largest absolute Gasteiger partial charge is 0.324 e. The van der Waals surface area contributed by atoms with Crippen molar-refractivity contribution in [3.63, 3.8) is 0 Å². The number of anilines is 1. The third kappa shape index (κ3) is 2.15. The summed E-state index contributed by atoms with van der Waals surface area (Å²) in [6, 6.07) is 3.23. The smallest absolute Gasteiger partial charge is 0.321 e. The van der Waals surface area contributed by atoms with E-state index in [0.29, 0.717) is 31.6 Å². The zero-order valence-corrected chi connectivity index (χ0v) is 10.4. The van der Waals surface area contributed by atoms with Crippen molar-refractivity contribution in [2.45, 2.75) is 25.2 Å². The summed E-state index contributed by atoms with van der Waals surface area (Å²) in [6.07, 6.45) is 3.94. The van der Waals surface area contributed by atoms with Crippen molar-refractivity contribution in [2.75, 3.05) is 18.4 Å². The maximum atomic E-state index is 13.2. The number of hydrogen-bond acceptors (Lipinski definition) is 2. The van der Waals surface area contributed by atoms with Gasteiger partial charge in [-0.15, -0.1) is 0 Å². The maximum absolute atomic E-state index is 13.2. The van der Waals surface area contributed by atoms with E-state index in [4.69, 9.17) is 0 Å². The molecule has 1 aliphatic heterocycles. The number of pyridine rings is 1. The van der Waals surface area contributed by atoms with E-state index in [1.807, 2.05) is 0 Å². The number of piperidine rings is 1. The number of halogens is 2. The third-order valence-electron chi connectivity index (χ3n) is 4.13. The number of likely N-dealkylation sites (tertiary alicyclic amines) is 1. The summed E-state index contributed by atoms with van der Waals surface area (Å²) in [5.74, 6) is -2.51. The minimum absolute atomic E-state index is 0.0158. The van der Waals surface area contributed by atoms with E-state index < -0.39 is 11.3 Å². The molecule has 102 valence electrons. The first-order valence-electron chi connectivity index (χ1n) is 6.36. The van der Waals surface area contributed by atoms with Crippen molar-refractivity contribution in [2.24, 2.45) is 5.41 Å². The summed E-state index contributed by atoms with van der Waals surface area (Å²) < 4.78 is 26.4. The second-order valence-electron chi connectivity index (χ2n) is 5.32. The second-order valence-corrected chi connectivity index (χ2v) is 5.32. The average Bonchev–Trinajstić information content (AvgIpc) is 2.92. The molecule has 1 N–H and O–H groups in total. The molecule has 2 aliphatic rings. The highest BCUT2D eigenvalue weighted by Crippen LogP contribution is 2.65. The Morgan fingerprint density at radius 3 is 2.58 bits per heavy atom. The lowest BCUT2D eigenvalue weighted by Gasteiger charge is -2.32. The average molecular weight is 267 g/mol. The van der Waals surface area contributed by atoms with Crippen molar-refractivity contribution in [1.29, 1.82) is 0 Å². The number of nitrogens with one attached hydrogen (secondary N) is 1. The number of rotatable bonds is 1. The van der Waals surface area contributed by atoms with Gasteiger partial charge in [0.05, 0.1) is 11.9 Å². The molecule has 0 unspecified atom stereocenters. The summed E-state index contributed by atoms with van der Waals surface area (Å²) in [5.41, 5.74) is -0.206. The van der Waals surface area contributed by atoms with Crippen LogP contribution < -0.4 is 5.32 Å². The lowest BCUT2D eigenvalue weighted by Crippen LogP contribution is -2.42. The van der Waals surface area contributed by atoms with Gasteiger partial charge in [-0.2, -0.15) is 0 Å². The van der Waals surface area contributed by atoms with Gasteiger partial charge in [0.1, 0.15) is 0 Å². The Morgan fingerprint density at radius 1 is 1.37 bits per heavy atom. The van der Waals surface area contributed by atoms with E-state index in [1.54, 1.807) is 29.4 Å². The van der Waals surface area contributed by atoms with Crippen molar-refractivity contribution in [3.8, 4) is 0 Å². The standard InChI is InChI=1S/C13H15F2N3O/c14-13(15)9-12(13)3-6-18(7-4-12)11(19)17-10-2-1-5-16-8-10/h1-2,5,8H,3-4,6-7,9H2,(H,17,19). The lowest BCUT2D eigenvalue weighted by molar-refractivity contribution is 0.0380. The van der Waals surface area contributed by atoms with E-state index in [-0.39, 0.29) is 12.5 Å². The Morgan fingerprint density at radius 2 is 2.05 bits per heavy atom. The van der Waals surface area contributed by atoms with E-state index in [1.165, 1.54) is 0 Å². The monoisotopic (exact) mass is 267 g/mol. The van der Waals surface area contributed by atoms with Gasteiger partial charge in [0, 0.05) is 31.1 Å². The lowest BCUT2D eigenvalue weighted by atomic mass is 9.93. The van der Waals surface area contributed by atoms with Gasteiger partial charge in [0.25, 0.3) is 5.92 Å². The van der Waals surface area contributed by atoms with Crippen molar-refractivity contribution in [3.05, 3.63) is 24.5 Å². The van der Waals surface area contributed by atoms with Crippen molar-refractivity contribution in [1.82, 2.24) is 9.88 Å². The van der Waals surface area contributed by atoms with E-state index in [2.05, 4.69) is 10.3 Å². The predicted octanol–water partition coefficient (Wildman–Crippen LogP) is 2.73. The van der Waals surface area contributed by atoms with Crippen LogP contribution in [0.4, 0.5) is 19.3 Å². The molecule has 0 radical (unpaired) electrons. The molecule has 1 saturated carbocycles. The number of urea groups is 1. The van der Waals surface area contributed by atoms with Gasteiger partial charge < -0.3 is 10.2 Å². The van der Waals surface area contributed by atoms with E-state index in [0.717, 1.165) is 0 Å². The van der Waals surface area contributed by atoms with E-state index >= 15 is 0 Å². The van der Waals surface area contributed by atoms with Gasteiger partial charge in [0.2, 0.25) is 0 Å². The third-order valence-corrected chi connectivity index (χ3v) is 4.13. The molecule has 1 aliphatic carbocycles. The van der Waals surface area contributed by atoms with Crippen LogP contribution in [0.3, 0.4) is 0 Å². The number of amides is 2. The molecule has 1 spiro atoms. The molecule has 2 heterocycles. The van der Waals surface area contributed by atoms with Gasteiger partial charge in [-0.3, -0.25) is 4.98 Å². The fraction of sp³-hybridized carbons (Fsp3) is 0.538. The molecule has 2 amide bonds. The number of carbonyl (C=O) groups is 1. The topological polar surface area (TPSA) is 45.2 Å². The molecule has 4 nitrogen and oxygen atoms in total. The highest BCUT2D eigenvalue weighted by molar-refractivity contribution is 5.89. The first-order chi connectivity index (χ1) is 9.02. The Kier molecular flexibility index (Phi) is 2.69. The van der Waals surface area contributed by atoms with Gasteiger partial charge in [-0.25, -0.2) is 13.6 Å². The number of nitrogens with zero attached hydrogens (tertiary/aromatic N) is 2. The van der Waals surface area contributed by atoms with Gasteiger partial charge in [0.15, 0.2) is 0 Å². The van der Waals surface area contributed by atoms with Crippen LogP contribution in [0.25, 0.3) is 0 Å². The van der Waals surface area contributed by atoms with Crippen molar-refractivity contribution >= 4 is 11.7 Å². The van der Waals surface area contributed by atoms with E-state index in [9.17, 15) is 13.6 Å². The molecular formula is C13H15F2N3O. The second kappa shape index (κ2) is 4.15. The number of aromatic nitrogens is 1. The molecule has 3 rings (SSSR count). The van der Waals surface area contributed by atoms with Crippen LogP contribution in [-0.2, 0) is 0 Å². The molecule has 0 atom stereocenters. The SMILES string of the molecule is O=C(Nc1cccnc1)N1CCC2(CC1)CC2(F)F. The van der Waals surface area contributed by atoms with Gasteiger partial charge in [-0.05, 0) is 25.0 Å². The molecule has 0 bridgehead atoms. The zero-order chi connectivity index (χ0) is 13.5. The van der Waals surface area contributed by atoms with Crippen LogP contribution in [0, 0.1) is 5.41 Å². The summed E-state index contributed by atoms with van der Waals surface area (Å²) in [6.45, 7) is 0.781. The fourth-order valence-corrected chi connectivity index (χ4v) is 2.70. The predicted molar refractivity (Wildman–Crippen MR) is 66.1 cm³/mol. The number of alkyl halides is 2. The molecular weight excluding hydrogens is 252 g/mol. The Bertz CT molecular complexity index is 484. The minimum atomic E-state index is -2.51. The highest BCUT2D eigenvalue weighted by Gasteiger charge is 2.70. The fourth-order valence-electron chi connectivity index (χ4n) is 2.70. The zero-order valence-electron chi connectivity index (χ0n) is 10.4. The molecule has 1 aromatic heterocycles. The molecule has 0 aromatic carbocycles. The summed E-state index contributed by atoms with van der Waals surface area (Å²) in [4.78, 5) is 17.5. The molecule has 6 heteroatoms. The Labute approximate surface area is 109 Å². The van der Waals surface area contributed by atoms with Crippen LogP contribution in [-0.4, -0.2) is 34.9 Å². The molecule has 1 saturated heterocycles. The van der Waals surface area contributed by atoms with Crippen LogP contribution >= 0.6 is 0 Å². The normalized spacial score (nSPS) is 23.2. The first-order valence-corrected chi connectivity index (χ1v) is 6.36. The summed E-state index contributed by atoms with van der Waals surface area (Å²) in [7, 11) is 0. The van der Waals surface area contributed by atoms with Crippen LogP contribution in [0.2, 0.25) is 0 Å².